The molecule has 0 saturated carbocycles. The van der Waals surface area contributed by atoms with E-state index in [1.54, 1.807) is 4.91 Å². The van der Waals surface area contributed by atoms with Gasteiger partial charge in [0.2, 0.25) is 0 Å². The first-order valence-electron chi connectivity index (χ1n) is 6.21. The van der Waals surface area contributed by atoms with Crippen LogP contribution in [-0.2, 0) is 0 Å². The van der Waals surface area contributed by atoms with Gasteiger partial charge < -0.3 is 0 Å². The van der Waals surface area contributed by atoms with Gasteiger partial charge >= 0.3 is 0 Å². The van der Waals surface area contributed by atoms with Crippen molar-refractivity contribution in [3.05, 3.63) is 11.0 Å². The van der Waals surface area contributed by atoms with E-state index in [9.17, 15) is 0 Å². The van der Waals surface area contributed by atoms with Gasteiger partial charge in [0, 0.05) is 14.6 Å². The van der Waals surface area contributed by atoms with Crippen molar-refractivity contribution < 1.29 is 0 Å². The van der Waals surface area contributed by atoms with E-state index in [0.717, 1.165) is 19.4 Å². The van der Waals surface area contributed by atoms with E-state index in [-0.39, 0.29) is 0 Å². The van der Waals surface area contributed by atoms with Crippen LogP contribution in [0.2, 0.25) is 25.7 Å². The first kappa shape index (κ1) is 16.0. The minimum absolute atomic E-state index is 0.950. The Morgan fingerprint density at radius 2 is 1.94 bits per heavy atom. The van der Waals surface area contributed by atoms with Crippen molar-refractivity contribution in [1.29, 1.82) is 0 Å². The average molecular weight is 258 g/mol. The predicted molar refractivity (Wildman–Crippen MR) is 82.6 cm³/mol. The summed E-state index contributed by atoms with van der Waals surface area (Å²) >= 11 is 1.91. The first-order valence-corrected chi connectivity index (χ1v) is 11.1. The molecule has 0 heterocycles. The predicted octanol–water partition coefficient (Wildman–Crippen LogP) is 4.83. The first-order chi connectivity index (χ1) is 7.49. The van der Waals surface area contributed by atoms with Crippen LogP contribution in [0, 0.1) is 0 Å². The summed E-state index contributed by atoms with van der Waals surface area (Å²) in [5, 5.41) is 0. The number of nitrogens with zero attached hydrogens (tertiary/aromatic N) is 1. The van der Waals surface area contributed by atoms with Gasteiger partial charge in [-0.1, -0.05) is 39.1 Å². The van der Waals surface area contributed by atoms with E-state index in [4.69, 9.17) is 0 Å². The SMILES string of the molecule is CCCC=NCC/C=C(/C[Si](C)(C)C)SC. The summed E-state index contributed by atoms with van der Waals surface area (Å²) in [6.45, 7) is 10.4. The fourth-order valence-corrected chi connectivity index (χ4v) is 4.71. The average Bonchev–Trinajstić information content (AvgIpc) is 2.19. The Morgan fingerprint density at radius 3 is 2.44 bits per heavy atom. The minimum Gasteiger partial charge on any atom is -0.297 e. The van der Waals surface area contributed by atoms with Crippen molar-refractivity contribution in [2.45, 2.75) is 51.9 Å². The van der Waals surface area contributed by atoms with Gasteiger partial charge in [-0.3, -0.25) is 4.99 Å². The second-order valence-electron chi connectivity index (χ2n) is 5.28. The van der Waals surface area contributed by atoms with Crippen LogP contribution in [0.4, 0.5) is 0 Å². The van der Waals surface area contributed by atoms with Gasteiger partial charge in [0.1, 0.15) is 0 Å². The van der Waals surface area contributed by atoms with Crippen molar-refractivity contribution in [3.8, 4) is 0 Å². The Bertz CT molecular complexity index is 229. The van der Waals surface area contributed by atoms with Gasteiger partial charge in [0.25, 0.3) is 0 Å². The van der Waals surface area contributed by atoms with Crippen LogP contribution in [0.25, 0.3) is 0 Å². The van der Waals surface area contributed by atoms with Gasteiger partial charge in [-0.05, 0) is 36.3 Å². The monoisotopic (exact) mass is 257 g/mol. The van der Waals surface area contributed by atoms with Crippen LogP contribution in [0.15, 0.2) is 16.0 Å². The van der Waals surface area contributed by atoms with E-state index in [1.807, 2.05) is 11.8 Å². The van der Waals surface area contributed by atoms with Crippen LogP contribution in [-0.4, -0.2) is 27.1 Å². The Labute approximate surface area is 107 Å². The third kappa shape index (κ3) is 10.5. The molecule has 0 aliphatic rings. The third-order valence-corrected chi connectivity index (χ3v) is 4.68. The van der Waals surface area contributed by atoms with E-state index in [0.29, 0.717) is 0 Å². The molecule has 16 heavy (non-hydrogen) atoms. The zero-order valence-corrected chi connectivity index (χ0v) is 13.4. The fraction of sp³-hybridized carbons (Fsp3) is 0.769. The van der Waals surface area contributed by atoms with Gasteiger partial charge in [0.15, 0.2) is 0 Å². The molecule has 0 N–H and O–H groups in total. The normalized spacial score (nSPS) is 13.7. The number of hydrogen-bond acceptors (Lipinski definition) is 2. The second kappa shape index (κ2) is 9.05. The van der Waals surface area contributed by atoms with Crippen LogP contribution in [0.5, 0.6) is 0 Å². The zero-order valence-electron chi connectivity index (χ0n) is 11.5. The molecule has 0 aromatic carbocycles. The minimum atomic E-state index is -0.950. The number of unbranched alkanes of at least 4 members (excludes halogenated alkanes) is 1. The summed E-state index contributed by atoms with van der Waals surface area (Å²) < 4.78 is 0. The lowest BCUT2D eigenvalue weighted by atomic mass is 10.3. The highest BCUT2D eigenvalue weighted by Gasteiger charge is 2.14. The Hall–Kier alpha value is -0.0231. The van der Waals surface area contributed by atoms with E-state index >= 15 is 0 Å². The standard InChI is InChI=1S/C13H27NSSi/c1-6-7-10-14-11-8-9-13(15-2)12-16(3,4)5/h9-10H,6-8,11-12H2,1-5H3/b13-9-,14-10?. The van der Waals surface area contributed by atoms with Crippen LogP contribution in [0.1, 0.15) is 26.2 Å². The molecule has 0 aliphatic carbocycles. The van der Waals surface area contributed by atoms with Gasteiger partial charge in [-0.2, -0.15) is 0 Å². The molecule has 0 radical (unpaired) electrons. The lowest BCUT2D eigenvalue weighted by Gasteiger charge is -2.16. The second-order valence-corrected chi connectivity index (χ2v) is 11.7. The van der Waals surface area contributed by atoms with Crippen LogP contribution in [0.3, 0.4) is 0 Å². The largest absolute Gasteiger partial charge is 0.297 e. The summed E-state index contributed by atoms with van der Waals surface area (Å²) in [5.41, 5.74) is 0. The molecule has 0 aromatic heterocycles. The van der Waals surface area contributed by atoms with Crippen molar-refractivity contribution in [2.24, 2.45) is 4.99 Å². The number of aliphatic imine (C=N–C) groups is 1. The summed E-state index contributed by atoms with van der Waals surface area (Å²) in [6, 6.07) is 1.31. The van der Waals surface area contributed by atoms with E-state index in [2.05, 4.69) is 50.1 Å². The number of thioether (sulfide) groups is 1. The molecule has 0 atom stereocenters. The lowest BCUT2D eigenvalue weighted by Crippen LogP contribution is -2.19. The summed E-state index contributed by atoms with van der Waals surface area (Å²) in [7, 11) is -0.950. The lowest BCUT2D eigenvalue weighted by molar-refractivity contribution is 0.967. The summed E-state index contributed by atoms with van der Waals surface area (Å²) in [5.74, 6) is 0. The van der Waals surface area contributed by atoms with Crippen molar-refractivity contribution in [1.82, 2.24) is 0 Å². The Kier molecular flexibility index (Phi) is 9.04. The highest BCUT2D eigenvalue weighted by atomic mass is 32.2. The van der Waals surface area contributed by atoms with E-state index in [1.165, 1.54) is 12.5 Å². The molecule has 0 bridgehead atoms. The van der Waals surface area contributed by atoms with Crippen LogP contribution < -0.4 is 0 Å². The molecule has 0 fully saturated rings. The quantitative estimate of drug-likeness (QED) is 0.344. The van der Waals surface area contributed by atoms with Gasteiger partial charge in [0.05, 0.1) is 0 Å². The van der Waals surface area contributed by atoms with Gasteiger partial charge in [-0.25, -0.2) is 0 Å². The van der Waals surface area contributed by atoms with Gasteiger partial charge in [-0.15, -0.1) is 11.8 Å². The highest BCUT2D eigenvalue weighted by molar-refractivity contribution is 8.02. The Balaban J connectivity index is 3.89. The van der Waals surface area contributed by atoms with Crippen molar-refractivity contribution in [2.75, 3.05) is 12.8 Å². The zero-order chi connectivity index (χ0) is 12.4. The topological polar surface area (TPSA) is 12.4 Å². The smallest absolute Gasteiger partial charge is 0.0493 e. The maximum atomic E-state index is 4.40. The maximum Gasteiger partial charge on any atom is 0.0493 e. The molecule has 3 heteroatoms. The van der Waals surface area contributed by atoms with Crippen molar-refractivity contribution in [3.63, 3.8) is 0 Å². The Morgan fingerprint density at radius 1 is 1.25 bits per heavy atom. The van der Waals surface area contributed by atoms with E-state index < -0.39 is 8.07 Å². The fourth-order valence-electron chi connectivity index (χ4n) is 1.36. The number of allylic oxidation sites excluding steroid dienone is 1. The molecule has 0 aromatic rings. The summed E-state index contributed by atoms with van der Waals surface area (Å²) in [6.07, 6.45) is 10.0. The molecule has 0 aliphatic heterocycles. The molecule has 94 valence electrons. The third-order valence-electron chi connectivity index (χ3n) is 2.14. The molecule has 0 saturated heterocycles. The molecular weight excluding hydrogens is 230 g/mol. The molecular formula is C13H27NSSi. The summed E-state index contributed by atoms with van der Waals surface area (Å²) in [4.78, 5) is 5.96. The molecule has 0 rings (SSSR count). The molecule has 0 unspecified atom stereocenters. The maximum absolute atomic E-state index is 4.40. The van der Waals surface area contributed by atoms with Crippen LogP contribution >= 0.6 is 11.8 Å². The number of hydrogen-bond donors (Lipinski definition) is 0. The molecule has 0 amide bonds. The number of rotatable bonds is 8. The van der Waals surface area contributed by atoms with Crippen molar-refractivity contribution >= 4 is 26.1 Å². The highest BCUT2D eigenvalue weighted by Crippen LogP contribution is 2.24. The molecule has 0 spiro atoms. The molecule has 1 nitrogen and oxygen atoms in total.